The molecule has 3 rings (SSSR count). The maximum absolute atomic E-state index is 12.9. The molecule has 0 saturated heterocycles. The van der Waals surface area contributed by atoms with E-state index in [4.69, 9.17) is 9.47 Å². The molecule has 0 spiro atoms. The molecular formula is C22H19BrN2O4S. The van der Waals surface area contributed by atoms with Crippen molar-refractivity contribution in [2.24, 2.45) is 0 Å². The second-order valence-corrected chi connectivity index (χ2v) is 7.93. The molecule has 30 heavy (non-hydrogen) atoms. The van der Waals surface area contributed by atoms with E-state index in [9.17, 15) is 9.59 Å². The minimum atomic E-state index is -0.451. The Kier molecular flexibility index (Phi) is 7.26. The van der Waals surface area contributed by atoms with Crippen molar-refractivity contribution >= 4 is 50.8 Å². The van der Waals surface area contributed by atoms with Crippen molar-refractivity contribution in [2.45, 2.75) is 0 Å². The minimum Gasteiger partial charge on any atom is -0.493 e. The Morgan fingerprint density at radius 3 is 2.47 bits per heavy atom. The van der Waals surface area contributed by atoms with Crippen LogP contribution in [0.1, 0.15) is 15.2 Å². The summed E-state index contributed by atoms with van der Waals surface area (Å²) in [6.45, 7) is 0. The average molecular weight is 487 g/mol. The number of hydrogen-bond acceptors (Lipinski definition) is 5. The third kappa shape index (κ3) is 5.49. The lowest BCUT2D eigenvalue weighted by molar-refractivity contribution is -0.113. The molecule has 1 aromatic heterocycles. The van der Waals surface area contributed by atoms with E-state index in [2.05, 4.69) is 26.6 Å². The lowest BCUT2D eigenvalue weighted by atomic mass is 10.1. The molecule has 0 radical (unpaired) electrons. The van der Waals surface area contributed by atoms with Gasteiger partial charge in [0.15, 0.2) is 11.5 Å². The van der Waals surface area contributed by atoms with Crippen molar-refractivity contribution in [1.29, 1.82) is 0 Å². The monoisotopic (exact) mass is 486 g/mol. The summed E-state index contributed by atoms with van der Waals surface area (Å²) in [6.07, 6.45) is 1.58. The van der Waals surface area contributed by atoms with E-state index in [1.807, 2.05) is 12.1 Å². The summed E-state index contributed by atoms with van der Waals surface area (Å²) in [4.78, 5) is 26.0. The maximum atomic E-state index is 12.9. The summed E-state index contributed by atoms with van der Waals surface area (Å²) in [7, 11) is 3.08. The molecule has 2 amide bonds. The van der Waals surface area contributed by atoms with Crippen LogP contribution in [-0.4, -0.2) is 26.0 Å². The van der Waals surface area contributed by atoms with Crippen molar-refractivity contribution in [2.75, 3.05) is 19.5 Å². The fourth-order valence-electron chi connectivity index (χ4n) is 2.62. The first-order valence-electron chi connectivity index (χ1n) is 8.85. The standard InChI is InChI=1S/C22H19BrN2O4S/c1-28-18-9-8-14(12-19(18)29-2)11-17(25-22(27)20-7-4-10-30-20)21(26)24-16-6-3-5-15(23)13-16/h3-13H,1-2H3,(H,24,26)(H,25,27)/b17-11-. The molecule has 154 valence electrons. The SMILES string of the molecule is COc1ccc(/C=C(\NC(=O)c2cccs2)C(=O)Nc2cccc(Br)c2)cc1OC. The molecule has 8 heteroatoms. The quantitative estimate of drug-likeness (QED) is 0.463. The molecular weight excluding hydrogens is 468 g/mol. The van der Waals surface area contributed by atoms with Crippen LogP contribution in [0.3, 0.4) is 0 Å². The number of hydrogen-bond donors (Lipinski definition) is 2. The Labute approximate surface area is 186 Å². The topological polar surface area (TPSA) is 76.7 Å². The summed E-state index contributed by atoms with van der Waals surface area (Å²) >= 11 is 4.67. The summed E-state index contributed by atoms with van der Waals surface area (Å²) < 4.78 is 11.4. The number of carbonyl (C=O) groups excluding carboxylic acids is 2. The average Bonchev–Trinajstić information content (AvgIpc) is 3.28. The highest BCUT2D eigenvalue weighted by Crippen LogP contribution is 2.28. The molecule has 3 aromatic rings. The van der Waals surface area contributed by atoms with Crippen LogP contribution in [0.15, 0.2) is 70.1 Å². The van der Waals surface area contributed by atoms with Crippen LogP contribution in [0, 0.1) is 0 Å². The van der Waals surface area contributed by atoms with Gasteiger partial charge >= 0.3 is 0 Å². The lowest BCUT2D eigenvalue weighted by Gasteiger charge is -2.12. The first-order chi connectivity index (χ1) is 14.5. The number of amides is 2. The number of benzene rings is 2. The molecule has 0 aliphatic carbocycles. The maximum Gasteiger partial charge on any atom is 0.272 e. The number of thiophene rings is 1. The molecule has 0 unspecified atom stereocenters. The smallest absolute Gasteiger partial charge is 0.272 e. The van der Waals surface area contributed by atoms with Crippen LogP contribution < -0.4 is 20.1 Å². The van der Waals surface area contributed by atoms with Crippen molar-refractivity contribution in [3.8, 4) is 11.5 Å². The number of carbonyl (C=O) groups is 2. The number of ether oxygens (including phenoxy) is 2. The Bertz CT molecular complexity index is 1080. The van der Waals surface area contributed by atoms with E-state index in [0.29, 0.717) is 27.6 Å². The van der Waals surface area contributed by atoms with Crippen molar-refractivity contribution in [3.63, 3.8) is 0 Å². The minimum absolute atomic E-state index is 0.0978. The van der Waals surface area contributed by atoms with Crippen LogP contribution in [0.5, 0.6) is 11.5 Å². The first kappa shape index (κ1) is 21.6. The van der Waals surface area contributed by atoms with Gasteiger partial charge in [0.1, 0.15) is 5.70 Å². The van der Waals surface area contributed by atoms with Crippen molar-refractivity contribution in [1.82, 2.24) is 5.32 Å². The van der Waals surface area contributed by atoms with Gasteiger partial charge in [-0.15, -0.1) is 11.3 Å². The van der Waals surface area contributed by atoms with Gasteiger partial charge in [0.05, 0.1) is 19.1 Å². The molecule has 0 saturated carbocycles. The predicted molar refractivity (Wildman–Crippen MR) is 122 cm³/mol. The molecule has 0 atom stereocenters. The van der Waals surface area contributed by atoms with Crippen LogP contribution in [0.2, 0.25) is 0 Å². The Hall–Kier alpha value is -3.10. The highest BCUT2D eigenvalue weighted by Gasteiger charge is 2.16. The molecule has 1 heterocycles. The van der Waals surface area contributed by atoms with E-state index < -0.39 is 5.91 Å². The van der Waals surface area contributed by atoms with Crippen LogP contribution in [0.25, 0.3) is 6.08 Å². The number of halogens is 1. The molecule has 0 aliphatic heterocycles. The Morgan fingerprint density at radius 2 is 1.80 bits per heavy atom. The van der Waals surface area contributed by atoms with Crippen LogP contribution in [0.4, 0.5) is 5.69 Å². The van der Waals surface area contributed by atoms with Gasteiger partial charge < -0.3 is 20.1 Å². The molecule has 6 nitrogen and oxygen atoms in total. The lowest BCUT2D eigenvalue weighted by Crippen LogP contribution is -2.30. The highest BCUT2D eigenvalue weighted by atomic mass is 79.9. The number of rotatable bonds is 7. The molecule has 0 fully saturated rings. The zero-order chi connectivity index (χ0) is 21.5. The highest BCUT2D eigenvalue weighted by molar-refractivity contribution is 9.10. The zero-order valence-electron chi connectivity index (χ0n) is 16.3. The fourth-order valence-corrected chi connectivity index (χ4v) is 3.64. The third-order valence-electron chi connectivity index (χ3n) is 4.04. The van der Waals surface area contributed by atoms with Gasteiger partial charge in [-0.1, -0.05) is 34.1 Å². The van der Waals surface area contributed by atoms with Crippen molar-refractivity contribution < 1.29 is 19.1 Å². The summed E-state index contributed by atoms with van der Waals surface area (Å²) in [5.74, 6) is 0.272. The van der Waals surface area contributed by atoms with Gasteiger partial charge in [0.25, 0.3) is 11.8 Å². The van der Waals surface area contributed by atoms with E-state index in [-0.39, 0.29) is 11.6 Å². The molecule has 2 aromatic carbocycles. The molecule has 0 bridgehead atoms. The largest absolute Gasteiger partial charge is 0.493 e. The number of anilines is 1. The van der Waals surface area contributed by atoms with E-state index in [0.717, 1.165) is 4.47 Å². The summed E-state index contributed by atoms with van der Waals surface area (Å²) in [5, 5.41) is 7.31. The Morgan fingerprint density at radius 1 is 1.00 bits per heavy atom. The van der Waals surface area contributed by atoms with Crippen molar-refractivity contribution in [3.05, 3.63) is 80.6 Å². The van der Waals surface area contributed by atoms with E-state index in [1.165, 1.54) is 18.4 Å². The van der Waals surface area contributed by atoms with Crippen LogP contribution in [-0.2, 0) is 4.79 Å². The van der Waals surface area contributed by atoms with Gasteiger partial charge in [0, 0.05) is 10.2 Å². The van der Waals surface area contributed by atoms with E-state index in [1.54, 1.807) is 61.0 Å². The van der Waals surface area contributed by atoms with Gasteiger partial charge in [0.2, 0.25) is 0 Å². The second kappa shape index (κ2) is 10.1. The molecule has 0 aliphatic rings. The number of methoxy groups -OCH3 is 2. The third-order valence-corrected chi connectivity index (χ3v) is 5.40. The van der Waals surface area contributed by atoms with Gasteiger partial charge in [-0.3, -0.25) is 9.59 Å². The zero-order valence-corrected chi connectivity index (χ0v) is 18.7. The summed E-state index contributed by atoms with van der Waals surface area (Å²) in [6, 6.07) is 15.9. The van der Waals surface area contributed by atoms with Crippen LogP contribution >= 0.6 is 27.3 Å². The predicted octanol–water partition coefficient (Wildman–Crippen LogP) is 4.94. The first-order valence-corrected chi connectivity index (χ1v) is 10.5. The van der Waals surface area contributed by atoms with Gasteiger partial charge in [-0.05, 0) is 53.4 Å². The normalized spacial score (nSPS) is 11.0. The van der Waals surface area contributed by atoms with E-state index >= 15 is 0 Å². The number of nitrogens with one attached hydrogen (secondary N) is 2. The molecule has 2 N–H and O–H groups in total. The van der Waals surface area contributed by atoms with Gasteiger partial charge in [-0.2, -0.15) is 0 Å². The second-order valence-electron chi connectivity index (χ2n) is 6.07. The Balaban J connectivity index is 1.93. The fraction of sp³-hybridized carbons (Fsp3) is 0.0909. The van der Waals surface area contributed by atoms with Gasteiger partial charge in [-0.25, -0.2) is 0 Å². The summed E-state index contributed by atoms with van der Waals surface area (Å²) in [5.41, 5.74) is 1.36.